The average Bonchev–Trinajstić information content (AvgIpc) is 2.87. The predicted octanol–water partition coefficient (Wildman–Crippen LogP) is 2.81. The molecular formula is C14H21ClN2O2S. The molecule has 0 bridgehead atoms. The predicted molar refractivity (Wildman–Crippen MR) is 82.5 cm³/mol. The van der Waals surface area contributed by atoms with Crippen molar-refractivity contribution in [3.05, 3.63) is 21.3 Å². The zero-order valence-corrected chi connectivity index (χ0v) is 13.0. The van der Waals surface area contributed by atoms with Crippen LogP contribution in [0.2, 0.25) is 4.34 Å². The van der Waals surface area contributed by atoms with Gasteiger partial charge in [0.15, 0.2) is 0 Å². The molecule has 0 saturated heterocycles. The van der Waals surface area contributed by atoms with Crippen molar-refractivity contribution in [1.82, 2.24) is 5.32 Å². The molecule has 6 heteroatoms. The fourth-order valence-electron chi connectivity index (χ4n) is 2.30. The highest BCUT2D eigenvalue weighted by molar-refractivity contribution is 7.17. The van der Waals surface area contributed by atoms with Gasteiger partial charge in [-0.2, -0.15) is 0 Å². The molecule has 0 aliphatic heterocycles. The second-order valence-corrected chi connectivity index (χ2v) is 6.84. The second-order valence-electron chi connectivity index (χ2n) is 5.12. The molecule has 1 aromatic heterocycles. The van der Waals surface area contributed by atoms with E-state index in [-0.39, 0.29) is 5.91 Å². The number of nitrogens with two attached hydrogens (primary N) is 1. The van der Waals surface area contributed by atoms with E-state index in [4.69, 9.17) is 22.1 Å². The molecule has 112 valence electrons. The van der Waals surface area contributed by atoms with Crippen LogP contribution in [0.25, 0.3) is 0 Å². The van der Waals surface area contributed by atoms with Gasteiger partial charge in [0, 0.05) is 19.2 Å². The highest BCUT2D eigenvalue weighted by Crippen LogP contribution is 2.21. The number of rotatable bonds is 6. The van der Waals surface area contributed by atoms with Crippen molar-refractivity contribution in [2.75, 3.05) is 13.2 Å². The molecule has 0 spiro atoms. The molecule has 1 heterocycles. The van der Waals surface area contributed by atoms with Crippen molar-refractivity contribution in [3.63, 3.8) is 0 Å². The third-order valence-corrected chi connectivity index (χ3v) is 4.71. The Morgan fingerprint density at radius 2 is 2.15 bits per heavy atom. The van der Waals surface area contributed by atoms with E-state index in [2.05, 4.69) is 5.32 Å². The Hall–Kier alpha value is -0.620. The number of amides is 1. The van der Waals surface area contributed by atoms with Gasteiger partial charge in [0.25, 0.3) is 5.91 Å². The molecule has 3 N–H and O–H groups in total. The van der Waals surface area contributed by atoms with Gasteiger partial charge in [-0.25, -0.2) is 0 Å². The quantitative estimate of drug-likeness (QED) is 0.793. The van der Waals surface area contributed by atoms with Crippen molar-refractivity contribution >= 4 is 28.8 Å². The SMILES string of the molecule is NC1CCC(OCCCNC(=O)c2ccc(Cl)s2)CC1. The van der Waals surface area contributed by atoms with Gasteiger partial charge in [-0.15, -0.1) is 11.3 Å². The molecule has 20 heavy (non-hydrogen) atoms. The van der Waals surface area contributed by atoms with Gasteiger partial charge in [-0.05, 0) is 44.2 Å². The summed E-state index contributed by atoms with van der Waals surface area (Å²) in [4.78, 5) is 12.4. The number of carbonyl (C=O) groups is 1. The monoisotopic (exact) mass is 316 g/mol. The number of thiophene rings is 1. The summed E-state index contributed by atoms with van der Waals surface area (Å²) in [6, 6.07) is 3.83. The van der Waals surface area contributed by atoms with Gasteiger partial charge in [-0.3, -0.25) is 4.79 Å². The summed E-state index contributed by atoms with van der Waals surface area (Å²) >= 11 is 7.09. The molecule has 2 rings (SSSR count). The van der Waals surface area contributed by atoms with Crippen LogP contribution in [-0.4, -0.2) is 31.2 Å². The van der Waals surface area contributed by atoms with Crippen molar-refractivity contribution in [3.8, 4) is 0 Å². The largest absolute Gasteiger partial charge is 0.378 e. The molecular weight excluding hydrogens is 296 g/mol. The van der Waals surface area contributed by atoms with Crippen molar-refractivity contribution in [2.24, 2.45) is 5.73 Å². The molecule has 0 unspecified atom stereocenters. The van der Waals surface area contributed by atoms with E-state index < -0.39 is 0 Å². The van der Waals surface area contributed by atoms with Crippen LogP contribution in [0.15, 0.2) is 12.1 Å². The highest BCUT2D eigenvalue weighted by atomic mass is 35.5. The van der Waals surface area contributed by atoms with E-state index >= 15 is 0 Å². The fraction of sp³-hybridized carbons (Fsp3) is 0.643. The number of carbonyl (C=O) groups excluding carboxylic acids is 1. The zero-order chi connectivity index (χ0) is 14.4. The Bertz CT molecular complexity index is 431. The van der Waals surface area contributed by atoms with Crippen molar-refractivity contribution in [2.45, 2.75) is 44.2 Å². The summed E-state index contributed by atoms with van der Waals surface area (Å²) in [6.07, 6.45) is 5.40. The van der Waals surface area contributed by atoms with Crippen molar-refractivity contribution in [1.29, 1.82) is 0 Å². The number of nitrogens with one attached hydrogen (secondary N) is 1. The number of halogens is 1. The van der Waals surface area contributed by atoms with Crippen LogP contribution in [0, 0.1) is 0 Å². The lowest BCUT2D eigenvalue weighted by Gasteiger charge is -2.26. The van der Waals surface area contributed by atoms with Crippen LogP contribution >= 0.6 is 22.9 Å². The summed E-state index contributed by atoms with van der Waals surface area (Å²) in [6.45, 7) is 1.31. The van der Waals surface area contributed by atoms with Crippen molar-refractivity contribution < 1.29 is 9.53 Å². The van der Waals surface area contributed by atoms with Gasteiger partial charge in [-0.1, -0.05) is 11.6 Å². The normalized spacial score (nSPS) is 22.7. The minimum atomic E-state index is -0.0643. The smallest absolute Gasteiger partial charge is 0.261 e. The minimum absolute atomic E-state index is 0.0643. The number of hydrogen-bond donors (Lipinski definition) is 2. The van der Waals surface area contributed by atoms with Crippen LogP contribution < -0.4 is 11.1 Å². The Balaban J connectivity index is 1.54. The standard InChI is InChI=1S/C14H21ClN2O2S/c15-13-7-6-12(20-13)14(18)17-8-1-9-19-11-4-2-10(16)3-5-11/h6-7,10-11H,1-5,8-9,16H2,(H,17,18). The van der Waals surface area contributed by atoms with Gasteiger partial charge in [0.05, 0.1) is 15.3 Å². The van der Waals surface area contributed by atoms with Gasteiger partial charge in [0.2, 0.25) is 0 Å². The average molecular weight is 317 g/mol. The Labute approximate surface area is 128 Å². The lowest BCUT2D eigenvalue weighted by molar-refractivity contribution is 0.0241. The summed E-state index contributed by atoms with van der Waals surface area (Å²) in [5, 5.41) is 2.87. The van der Waals surface area contributed by atoms with E-state index in [0.29, 0.717) is 34.5 Å². The van der Waals surface area contributed by atoms with Crippen LogP contribution in [0.3, 0.4) is 0 Å². The number of hydrogen-bond acceptors (Lipinski definition) is 4. The molecule has 1 aromatic rings. The fourth-order valence-corrected chi connectivity index (χ4v) is 3.26. The zero-order valence-electron chi connectivity index (χ0n) is 11.4. The Kier molecular flexibility index (Phi) is 6.29. The van der Waals surface area contributed by atoms with Gasteiger partial charge >= 0.3 is 0 Å². The molecule has 1 saturated carbocycles. The third-order valence-electron chi connectivity index (χ3n) is 3.48. The third kappa shape index (κ3) is 5.05. The van der Waals surface area contributed by atoms with Crippen LogP contribution in [0.1, 0.15) is 41.8 Å². The molecule has 1 aliphatic carbocycles. The van der Waals surface area contributed by atoms with Gasteiger partial charge < -0.3 is 15.8 Å². The topological polar surface area (TPSA) is 64.3 Å². The summed E-state index contributed by atoms with van der Waals surface area (Å²) < 4.78 is 6.43. The molecule has 1 fully saturated rings. The van der Waals surface area contributed by atoms with E-state index in [0.717, 1.165) is 32.1 Å². The first kappa shape index (κ1) is 15.8. The maximum absolute atomic E-state index is 11.7. The van der Waals surface area contributed by atoms with Crippen LogP contribution in [0.4, 0.5) is 0 Å². The van der Waals surface area contributed by atoms with Crippen LogP contribution in [-0.2, 0) is 4.74 Å². The number of ether oxygens (including phenoxy) is 1. The highest BCUT2D eigenvalue weighted by Gasteiger charge is 2.18. The van der Waals surface area contributed by atoms with E-state index in [1.54, 1.807) is 12.1 Å². The van der Waals surface area contributed by atoms with E-state index in [1.807, 2.05) is 0 Å². The van der Waals surface area contributed by atoms with E-state index in [9.17, 15) is 4.79 Å². The first-order valence-corrected chi connectivity index (χ1v) is 8.25. The second kappa shape index (κ2) is 7.98. The molecule has 0 atom stereocenters. The lowest BCUT2D eigenvalue weighted by Crippen LogP contribution is -2.31. The molecule has 0 radical (unpaired) electrons. The Morgan fingerprint density at radius 1 is 1.40 bits per heavy atom. The molecule has 1 aliphatic rings. The summed E-state index contributed by atoms with van der Waals surface area (Å²) in [7, 11) is 0. The van der Waals surface area contributed by atoms with Crippen LogP contribution in [0.5, 0.6) is 0 Å². The van der Waals surface area contributed by atoms with E-state index in [1.165, 1.54) is 11.3 Å². The first-order chi connectivity index (χ1) is 9.65. The molecule has 4 nitrogen and oxygen atoms in total. The first-order valence-electron chi connectivity index (χ1n) is 7.06. The maximum atomic E-state index is 11.7. The Morgan fingerprint density at radius 3 is 2.80 bits per heavy atom. The molecule has 0 aromatic carbocycles. The molecule has 1 amide bonds. The summed E-state index contributed by atoms with van der Waals surface area (Å²) in [5.41, 5.74) is 5.85. The minimum Gasteiger partial charge on any atom is -0.378 e. The van der Waals surface area contributed by atoms with Gasteiger partial charge in [0.1, 0.15) is 0 Å². The summed E-state index contributed by atoms with van der Waals surface area (Å²) in [5.74, 6) is -0.0643. The lowest BCUT2D eigenvalue weighted by atomic mass is 9.94. The maximum Gasteiger partial charge on any atom is 0.261 e.